The first-order valence-corrected chi connectivity index (χ1v) is 13.2. The van der Waals surface area contributed by atoms with Gasteiger partial charge in [0.15, 0.2) is 0 Å². The molecule has 0 heterocycles. The zero-order chi connectivity index (χ0) is 23.1. The molecule has 4 nitrogen and oxygen atoms in total. The van der Waals surface area contributed by atoms with E-state index in [4.69, 9.17) is 4.74 Å². The quantitative estimate of drug-likeness (QED) is 0.186. The van der Waals surface area contributed by atoms with Gasteiger partial charge in [-0.15, -0.1) is 0 Å². The number of carbonyl (C=O) groups is 2. The molecule has 0 aromatic carbocycles. The molecule has 0 aromatic rings. The van der Waals surface area contributed by atoms with Crippen LogP contribution in [0.1, 0.15) is 130 Å². The van der Waals surface area contributed by atoms with Crippen molar-refractivity contribution >= 4 is 11.9 Å². The minimum absolute atomic E-state index is 0.00538. The number of carboxylic acids is 1. The van der Waals surface area contributed by atoms with Gasteiger partial charge in [0.25, 0.3) is 0 Å². The first kappa shape index (κ1) is 28.0. The summed E-state index contributed by atoms with van der Waals surface area (Å²) >= 11 is 0. The summed E-state index contributed by atoms with van der Waals surface area (Å²) in [5, 5.41) is 9.30. The highest BCUT2D eigenvalue weighted by molar-refractivity contribution is 5.75. The molecule has 31 heavy (non-hydrogen) atoms. The summed E-state index contributed by atoms with van der Waals surface area (Å²) in [4.78, 5) is 24.1. The lowest BCUT2D eigenvalue weighted by Crippen LogP contribution is -2.31. The van der Waals surface area contributed by atoms with Gasteiger partial charge < -0.3 is 9.84 Å². The summed E-state index contributed by atoms with van der Waals surface area (Å²) in [6.45, 7) is 9.08. The third-order valence-corrected chi connectivity index (χ3v) is 6.75. The molecule has 0 spiro atoms. The lowest BCUT2D eigenvalue weighted by Gasteiger charge is -2.27. The fourth-order valence-corrected chi connectivity index (χ4v) is 4.71. The maximum Gasteiger partial charge on any atom is 0.309 e. The third-order valence-electron chi connectivity index (χ3n) is 6.75. The molecular weight excluding hydrogens is 388 g/mol. The first-order valence-electron chi connectivity index (χ1n) is 13.2. The van der Waals surface area contributed by atoms with Crippen molar-refractivity contribution in [2.75, 3.05) is 0 Å². The Morgan fingerprint density at radius 2 is 1.19 bits per heavy atom. The minimum Gasteiger partial charge on any atom is -0.481 e. The number of aliphatic carboxylic acids is 1. The Morgan fingerprint density at radius 1 is 0.742 bits per heavy atom. The van der Waals surface area contributed by atoms with Crippen molar-refractivity contribution in [2.24, 2.45) is 23.7 Å². The highest BCUT2D eigenvalue weighted by Gasteiger charge is 2.32. The molecular formula is C27H50O4. The van der Waals surface area contributed by atoms with Crippen LogP contribution in [0.5, 0.6) is 0 Å². The van der Waals surface area contributed by atoms with E-state index in [1.54, 1.807) is 0 Å². The number of hydrogen-bond donors (Lipinski definition) is 1. The van der Waals surface area contributed by atoms with Crippen molar-refractivity contribution in [3.8, 4) is 0 Å². The molecule has 1 fully saturated rings. The fraction of sp³-hybridized carbons (Fsp3) is 0.926. The van der Waals surface area contributed by atoms with E-state index in [0.717, 1.165) is 44.4 Å². The van der Waals surface area contributed by atoms with Crippen molar-refractivity contribution in [3.63, 3.8) is 0 Å². The van der Waals surface area contributed by atoms with Gasteiger partial charge in [0.1, 0.15) is 6.10 Å². The highest BCUT2D eigenvalue weighted by atomic mass is 16.5. The van der Waals surface area contributed by atoms with Crippen LogP contribution in [0.3, 0.4) is 0 Å². The summed E-state index contributed by atoms with van der Waals surface area (Å²) in [7, 11) is 0. The maximum atomic E-state index is 12.8. The van der Waals surface area contributed by atoms with Crippen LogP contribution in [0.4, 0.5) is 0 Å². The average Bonchev–Trinajstić information content (AvgIpc) is 2.72. The fourth-order valence-electron chi connectivity index (χ4n) is 4.71. The summed E-state index contributed by atoms with van der Waals surface area (Å²) < 4.78 is 5.96. The van der Waals surface area contributed by atoms with E-state index in [9.17, 15) is 14.7 Å². The molecule has 4 heteroatoms. The first-order chi connectivity index (χ1) is 14.8. The lowest BCUT2D eigenvalue weighted by molar-refractivity contribution is -0.158. The van der Waals surface area contributed by atoms with E-state index in [0.29, 0.717) is 18.8 Å². The predicted molar refractivity (Wildman–Crippen MR) is 128 cm³/mol. The zero-order valence-corrected chi connectivity index (χ0v) is 20.9. The molecule has 1 aliphatic carbocycles. The van der Waals surface area contributed by atoms with Crippen LogP contribution in [0.2, 0.25) is 0 Å². The van der Waals surface area contributed by atoms with Crippen molar-refractivity contribution in [1.82, 2.24) is 0 Å². The van der Waals surface area contributed by atoms with Crippen LogP contribution in [0.15, 0.2) is 0 Å². The zero-order valence-electron chi connectivity index (χ0n) is 20.9. The Morgan fingerprint density at radius 3 is 1.74 bits per heavy atom. The maximum absolute atomic E-state index is 12.8. The predicted octanol–water partition coefficient (Wildman–Crippen LogP) is 7.78. The van der Waals surface area contributed by atoms with Crippen LogP contribution in [-0.4, -0.2) is 23.1 Å². The average molecular weight is 439 g/mol. The molecule has 0 aliphatic heterocycles. The van der Waals surface area contributed by atoms with Gasteiger partial charge in [-0.05, 0) is 56.8 Å². The van der Waals surface area contributed by atoms with Crippen LogP contribution in [-0.2, 0) is 14.3 Å². The summed E-state index contributed by atoms with van der Waals surface area (Å²) in [5.41, 5.74) is 0. The Kier molecular flexibility index (Phi) is 14.9. The van der Waals surface area contributed by atoms with Gasteiger partial charge in [-0.2, -0.15) is 0 Å². The summed E-state index contributed by atoms with van der Waals surface area (Å²) in [6.07, 6.45) is 17.1. The van der Waals surface area contributed by atoms with Crippen LogP contribution >= 0.6 is 0 Å². The molecule has 3 unspecified atom stereocenters. The SMILES string of the molecule is CC(C)CCCCCCCCC(CCCCC(C)C)OC(=O)C1CCCC(C(=O)O)C1. The molecule has 0 saturated heterocycles. The van der Waals surface area contributed by atoms with Gasteiger partial charge in [0, 0.05) is 0 Å². The summed E-state index contributed by atoms with van der Waals surface area (Å²) in [6, 6.07) is 0. The highest BCUT2D eigenvalue weighted by Crippen LogP contribution is 2.31. The number of esters is 1. The number of ether oxygens (including phenoxy) is 1. The second-order valence-corrected chi connectivity index (χ2v) is 10.7. The van der Waals surface area contributed by atoms with Crippen molar-refractivity contribution in [2.45, 2.75) is 137 Å². The van der Waals surface area contributed by atoms with E-state index >= 15 is 0 Å². The van der Waals surface area contributed by atoms with Crippen molar-refractivity contribution in [1.29, 1.82) is 0 Å². The van der Waals surface area contributed by atoms with E-state index < -0.39 is 5.97 Å². The number of rotatable bonds is 17. The van der Waals surface area contributed by atoms with Gasteiger partial charge in [0.05, 0.1) is 11.8 Å². The van der Waals surface area contributed by atoms with Gasteiger partial charge in [0.2, 0.25) is 0 Å². The molecule has 0 radical (unpaired) electrons. The number of unbranched alkanes of at least 4 members (excludes halogenated alkanes) is 6. The topological polar surface area (TPSA) is 63.6 Å². The minimum atomic E-state index is -0.767. The molecule has 182 valence electrons. The Balaban J connectivity index is 2.38. The lowest BCUT2D eigenvalue weighted by atomic mass is 9.81. The molecule has 3 atom stereocenters. The monoisotopic (exact) mass is 438 g/mol. The molecule has 0 amide bonds. The molecule has 1 N–H and O–H groups in total. The second kappa shape index (κ2) is 16.6. The number of carbonyl (C=O) groups excluding carboxylic acids is 1. The smallest absolute Gasteiger partial charge is 0.309 e. The van der Waals surface area contributed by atoms with E-state index in [-0.39, 0.29) is 23.9 Å². The third kappa shape index (κ3) is 13.9. The Bertz CT molecular complexity index is 486. The van der Waals surface area contributed by atoms with Crippen molar-refractivity contribution < 1.29 is 19.4 Å². The molecule has 1 saturated carbocycles. The summed E-state index contributed by atoms with van der Waals surface area (Å²) in [5.74, 6) is -0.00180. The second-order valence-electron chi connectivity index (χ2n) is 10.7. The van der Waals surface area contributed by atoms with Crippen molar-refractivity contribution in [3.05, 3.63) is 0 Å². The van der Waals surface area contributed by atoms with Crippen LogP contribution in [0, 0.1) is 23.7 Å². The Labute approximate surface area is 191 Å². The van der Waals surface area contributed by atoms with Gasteiger partial charge >= 0.3 is 11.9 Å². The van der Waals surface area contributed by atoms with Gasteiger partial charge in [-0.3, -0.25) is 9.59 Å². The number of carboxylic acid groups (broad SMARTS) is 1. The van der Waals surface area contributed by atoms with Gasteiger partial charge in [-0.25, -0.2) is 0 Å². The molecule has 1 rings (SSSR count). The van der Waals surface area contributed by atoms with E-state index in [1.165, 1.54) is 51.4 Å². The molecule has 0 aromatic heterocycles. The molecule has 0 bridgehead atoms. The normalized spacial score (nSPS) is 20.2. The molecule has 1 aliphatic rings. The standard InChI is InChI=1S/C27H50O4/c1-21(2)14-9-7-5-6-8-10-18-25(19-12-11-15-22(3)4)31-27(30)24-17-13-16-23(20-24)26(28)29/h21-25H,5-20H2,1-4H3,(H,28,29). The Hall–Kier alpha value is -1.06. The number of hydrogen-bond acceptors (Lipinski definition) is 3. The van der Waals surface area contributed by atoms with E-state index in [1.807, 2.05) is 0 Å². The van der Waals surface area contributed by atoms with Gasteiger partial charge in [-0.1, -0.05) is 85.5 Å². The van der Waals surface area contributed by atoms with Crippen LogP contribution < -0.4 is 0 Å². The largest absolute Gasteiger partial charge is 0.481 e. The van der Waals surface area contributed by atoms with E-state index in [2.05, 4.69) is 27.7 Å². The van der Waals surface area contributed by atoms with Crippen LogP contribution in [0.25, 0.3) is 0 Å².